The second kappa shape index (κ2) is 8.38. The van der Waals surface area contributed by atoms with Gasteiger partial charge in [-0.3, -0.25) is 14.9 Å². The number of benzene rings is 2. The van der Waals surface area contributed by atoms with E-state index in [0.717, 1.165) is 5.69 Å². The first-order chi connectivity index (χ1) is 14.4. The molecule has 1 aliphatic rings. The lowest BCUT2D eigenvalue weighted by Crippen LogP contribution is -2.48. The molecule has 1 aliphatic heterocycles. The Morgan fingerprint density at radius 3 is 2.30 bits per heavy atom. The molecule has 1 amide bonds. The zero-order chi connectivity index (χ0) is 21.3. The summed E-state index contributed by atoms with van der Waals surface area (Å²) >= 11 is 12.1. The minimum absolute atomic E-state index is 0.0574. The van der Waals surface area contributed by atoms with Gasteiger partial charge >= 0.3 is 0 Å². The molecule has 1 fully saturated rings. The molecule has 2 aromatic carbocycles. The van der Waals surface area contributed by atoms with Gasteiger partial charge in [0.25, 0.3) is 11.6 Å². The van der Waals surface area contributed by atoms with Crippen LogP contribution in [0.25, 0.3) is 11.3 Å². The number of non-ortho nitro benzene ring substituents is 1. The molecule has 4 rings (SSSR count). The third-order valence-corrected chi connectivity index (χ3v) is 5.55. The highest BCUT2D eigenvalue weighted by Crippen LogP contribution is 2.32. The molecule has 1 saturated heterocycles. The number of carbonyl (C=O) groups excluding carboxylic acids is 1. The van der Waals surface area contributed by atoms with Gasteiger partial charge in [0, 0.05) is 54.6 Å². The molecule has 9 heteroatoms. The van der Waals surface area contributed by atoms with Crippen molar-refractivity contribution < 1.29 is 14.1 Å². The van der Waals surface area contributed by atoms with E-state index in [2.05, 4.69) is 4.90 Å². The lowest BCUT2D eigenvalue weighted by Gasteiger charge is -2.35. The van der Waals surface area contributed by atoms with E-state index in [4.69, 9.17) is 27.6 Å². The smallest absolute Gasteiger partial charge is 0.289 e. The maximum atomic E-state index is 12.8. The summed E-state index contributed by atoms with van der Waals surface area (Å²) in [7, 11) is 0. The summed E-state index contributed by atoms with van der Waals surface area (Å²) in [5, 5.41) is 11.8. The van der Waals surface area contributed by atoms with E-state index in [0.29, 0.717) is 47.5 Å². The van der Waals surface area contributed by atoms with Crippen molar-refractivity contribution in [2.75, 3.05) is 31.1 Å². The Hall–Kier alpha value is -3.03. The Morgan fingerprint density at radius 1 is 0.967 bits per heavy atom. The molecule has 3 aromatic rings. The monoisotopic (exact) mass is 445 g/mol. The molecule has 0 N–H and O–H groups in total. The van der Waals surface area contributed by atoms with E-state index in [-0.39, 0.29) is 17.4 Å². The Labute approximate surface area is 182 Å². The number of halogens is 2. The first-order valence-corrected chi connectivity index (χ1v) is 10.0. The van der Waals surface area contributed by atoms with E-state index >= 15 is 0 Å². The molecule has 0 bridgehead atoms. The number of hydrogen-bond donors (Lipinski definition) is 0. The normalized spacial score (nSPS) is 14.1. The highest BCUT2D eigenvalue weighted by molar-refractivity contribution is 6.36. The van der Waals surface area contributed by atoms with Gasteiger partial charge in [-0.1, -0.05) is 23.2 Å². The minimum Gasteiger partial charge on any atom is -0.451 e. The largest absolute Gasteiger partial charge is 0.451 e. The summed E-state index contributed by atoms with van der Waals surface area (Å²) in [4.78, 5) is 27.0. The highest BCUT2D eigenvalue weighted by atomic mass is 35.5. The van der Waals surface area contributed by atoms with Gasteiger partial charge in [-0.05, 0) is 42.5 Å². The zero-order valence-electron chi connectivity index (χ0n) is 15.8. The van der Waals surface area contributed by atoms with Gasteiger partial charge in [0.15, 0.2) is 5.76 Å². The van der Waals surface area contributed by atoms with Gasteiger partial charge in [0.05, 0.1) is 9.95 Å². The van der Waals surface area contributed by atoms with Crippen molar-refractivity contribution in [1.29, 1.82) is 0 Å². The topological polar surface area (TPSA) is 79.8 Å². The lowest BCUT2D eigenvalue weighted by atomic mass is 10.2. The van der Waals surface area contributed by atoms with Gasteiger partial charge in [0.2, 0.25) is 0 Å². The quantitative estimate of drug-likeness (QED) is 0.410. The van der Waals surface area contributed by atoms with E-state index < -0.39 is 4.92 Å². The summed E-state index contributed by atoms with van der Waals surface area (Å²) in [6, 6.07) is 14.9. The SMILES string of the molecule is O=C(c1ccc(-c2ccc(Cl)cc2Cl)o1)N1CCN(c2ccc([N+](=O)[O-])cc2)CC1. The Balaban J connectivity index is 1.41. The molecule has 0 aliphatic carbocycles. The number of anilines is 1. The fourth-order valence-corrected chi connectivity index (χ4v) is 3.90. The zero-order valence-corrected chi connectivity index (χ0v) is 17.3. The van der Waals surface area contributed by atoms with E-state index in [9.17, 15) is 14.9 Å². The predicted molar refractivity (Wildman–Crippen MR) is 115 cm³/mol. The van der Waals surface area contributed by atoms with Gasteiger partial charge < -0.3 is 14.2 Å². The first kappa shape index (κ1) is 20.3. The number of nitro groups is 1. The van der Waals surface area contributed by atoms with Crippen LogP contribution in [0.1, 0.15) is 10.6 Å². The number of amides is 1. The third kappa shape index (κ3) is 4.13. The van der Waals surface area contributed by atoms with Crippen LogP contribution in [0.4, 0.5) is 11.4 Å². The summed E-state index contributed by atoms with van der Waals surface area (Å²) < 4.78 is 5.76. The number of piperazine rings is 1. The van der Waals surface area contributed by atoms with Gasteiger partial charge in [-0.15, -0.1) is 0 Å². The molecule has 30 heavy (non-hydrogen) atoms. The van der Waals surface area contributed by atoms with Crippen molar-refractivity contribution in [2.24, 2.45) is 0 Å². The summed E-state index contributed by atoms with van der Waals surface area (Å²) in [6.45, 7) is 2.29. The molecule has 0 atom stereocenters. The van der Waals surface area contributed by atoms with Crippen LogP contribution in [0.3, 0.4) is 0 Å². The van der Waals surface area contributed by atoms with Crippen LogP contribution in [-0.4, -0.2) is 41.9 Å². The Kier molecular flexibility index (Phi) is 5.65. The summed E-state index contributed by atoms with van der Waals surface area (Å²) in [6.07, 6.45) is 0. The van der Waals surface area contributed by atoms with Crippen molar-refractivity contribution in [2.45, 2.75) is 0 Å². The second-order valence-electron chi connectivity index (χ2n) is 6.84. The Bertz CT molecular complexity index is 1090. The fraction of sp³-hybridized carbons (Fsp3) is 0.190. The number of nitro benzene ring substituents is 1. The standard InChI is InChI=1S/C21H17Cl2N3O4/c22-14-1-6-17(18(23)13-14)19-7-8-20(30-19)21(27)25-11-9-24(10-12-25)15-2-4-16(5-3-15)26(28)29/h1-8,13H,9-12H2. The molecule has 2 heterocycles. The number of rotatable bonds is 4. The number of carbonyl (C=O) groups is 1. The minimum atomic E-state index is -0.421. The van der Waals surface area contributed by atoms with E-state index in [1.807, 2.05) is 0 Å². The fourth-order valence-electron chi connectivity index (χ4n) is 3.40. The van der Waals surface area contributed by atoms with Crippen LogP contribution in [0, 0.1) is 10.1 Å². The van der Waals surface area contributed by atoms with Crippen molar-refractivity contribution in [3.63, 3.8) is 0 Å². The van der Waals surface area contributed by atoms with Crippen molar-refractivity contribution in [3.8, 4) is 11.3 Å². The van der Waals surface area contributed by atoms with Crippen LogP contribution in [0.2, 0.25) is 10.0 Å². The lowest BCUT2D eigenvalue weighted by molar-refractivity contribution is -0.384. The van der Waals surface area contributed by atoms with Crippen molar-refractivity contribution in [3.05, 3.63) is 80.5 Å². The molecular weight excluding hydrogens is 429 g/mol. The predicted octanol–water partition coefficient (Wildman–Crippen LogP) is 5.12. The van der Waals surface area contributed by atoms with Crippen LogP contribution < -0.4 is 4.90 Å². The average Bonchev–Trinajstić information content (AvgIpc) is 3.23. The molecule has 0 radical (unpaired) electrons. The molecule has 154 valence electrons. The van der Waals surface area contributed by atoms with Crippen LogP contribution in [-0.2, 0) is 0 Å². The van der Waals surface area contributed by atoms with E-state index in [1.165, 1.54) is 12.1 Å². The number of furan rings is 1. The second-order valence-corrected chi connectivity index (χ2v) is 7.68. The van der Waals surface area contributed by atoms with Crippen LogP contribution >= 0.6 is 23.2 Å². The molecule has 0 unspecified atom stereocenters. The molecule has 1 aromatic heterocycles. The van der Waals surface area contributed by atoms with Crippen LogP contribution in [0.5, 0.6) is 0 Å². The summed E-state index contributed by atoms with van der Waals surface area (Å²) in [5.41, 5.74) is 1.62. The molecule has 0 spiro atoms. The maximum Gasteiger partial charge on any atom is 0.289 e. The Morgan fingerprint density at radius 2 is 1.67 bits per heavy atom. The van der Waals surface area contributed by atoms with Gasteiger partial charge in [-0.25, -0.2) is 0 Å². The van der Waals surface area contributed by atoms with Crippen molar-refractivity contribution in [1.82, 2.24) is 4.90 Å². The van der Waals surface area contributed by atoms with Crippen molar-refractivity contribution >= 4 is 40.5 Å². The van der Waals surface area contributed by atoms with Gasteiger partial charge in [-0.2, -0.15) is 0 Å². The molecule has 7 nitrogen and oxygen atoms in total. The first-order valence-electron chi connectivity index (χ1n) is 9.26. The van der Waals surface area contributed by atoms with Gasteiger partial charge in [0.1, 0.15) is 5.76 Å². The average molecular weight is 446 g/mol. The number of nitrogens with zero attached hydrogens (tertiary/aromatic N) is 3. The maximum absolute atomic E-state index is 12.8. The third-order valence-electron chi connectivity index (χ3n) is 5.01. The molecule has 0 saturated carbocycles. The number of hydrogen-bond acceptors (Lipinski definition) is 5. The van der Waals surface area contributed by atoms with E-state index in [1.54, 1.807) is 47.4 Å². The summed E-state index contributed by atoms with van der Waals surface area (Å²) in [5.74, 6) is 0.569. The van der Waals surface area contributed by atoms with Crippen LogP contribution in [0.15, 0.2) is 59.0 Å². The highest BCUT2D eigenvalue weighted by Gasteiger charge is 2.25. The molecular formula is C21H17Cl2N3O4.